The van der Waals surface area contributed by atoms with Gasteiger partial charge in [0.05, 0.1) is 0 Å². The standard InChI is InChI=1S/C16H32O3Si/c1-9-12(13(14(17)18)15(2,3)4)16(5,6)10-11-19-20(7)8/h20H,9-11H2,1-8H3,(H,17,18)/b13-12-. The fourth-order valence-electron chi connectivity index (χ4n) is 2.60. The topological polar surface area (TPSA) is 46.5 Å². The van der Waals surface area contributed by atoms with Gasteiger partial charge < -0.3 is 9.53 Å². The van der Waals surface area contributed by atoms with Gasteiger partial charge in [0.25, 0.3) is 0 Å². The minimum atomic E-state index is -1.01. The van der Waals surface area contributed by atoms with Crippen LogP contribution in [0.2, 0.25) is 13.1 Å². The molecule has 0 radical (unpaired) electrons. The van der Waals surface area contributed by atoms with Crippen molar-refractivity contribution in [1.29, 1.82) is 0 Å². The molecule has 1 N–H and O–H groups in total. The first-order valence-electron chi connectivity index (χ1n) is 7.52. The van der Waals surface area contributed by atoms with E-state index in [1.165, 1.54) is 0 Å². The second-order valence-corrected chi connectivity index (χ2v) is 9.75. The van der Waals surface area contributed by atoms with Crippen molar-refractivity contribution in [1.82, 2.24) is 0 Å². The van der Waals surface area contributed by atoms with Crippen molar-refractivity contribution in [2.24, 2.45) is 10.8 Å². The summed E-state index contributed by atoms with van der Waals surface area (Å²) in [5.41, 5.74) is 1.12. The van der Waals surface area contributed by atoms with Gasteiger partial charge in [0.1, 0.15) is 0 Å². The number of carboxylic acids is 1. The molecule has 4 heteroatoms. The Labute approximate surface area is 126 Å². The summed E-state index contributed by atoms with van der Waals surface area (Å²) in [6, 6.07) is 0. The molecule has 20 heavy (non-hydrogen) atoms. The number of rotatable bonds is 7. The van der Waals surface area contributed by atoms with E-state index < -0.39 is 15.0 Å². The van der Waals surface area contributed by atoms with Gasteiger partial charge in [-0.2, -0.15) is 0 Å². The molecule has 0 unspecified atom stereocenters. The predicted octanol–water partition coefficient (Wildman–Crippen LogP) is 4.24. The van der Waals surface area contributed by atoms with Gasteiger partial charge in [-0.15, -0.1) is 0 Å². The van der Waals surface area contributed by atoms with Crippen LogP contribution in [0, 0.1) is 10.8 Å². The Morgan fingerprint density at radius 2 is 1.65 bits per heavy atom. The molecule has 0 spiro atoms. The molecule has 0 aromatic carbocycles. The van der Waals surface area contributed by atoms with Crippen molar-refractivity contribution < 1.29 is 14.3 Å². The zero-order valence-electron chi connectivity index (χ0n) is 14.5. The third kappa shape index (κ3) is 5.79. The zero-order valence-corrected chi connectivity index (χ0v) is 15.6. The number of hydrogen-bond donors (Lipinski definition) is 1. The van der Waals surface area contributed by atoms with E-state index in [-0.39, 0.29) is 10.8 Å². The van der Waals surface area contributed by atoms with Crippen LogP contribution in [0.3, 0.4) is 0 Å². The lowest BCUT2D eigenvalue weighted by atomic mass is 9.72. The Kier molecular flexibility index (Phi) is 7.18. The fourth-order valence-corrected chi connectivity index (χ4v) is 3.19. The molecular formula is C16H32O3Si. The molecule has 0 amide bonds. The van der Waals surface area contributed by atoms with Crippen LogP contribution >= 0.6 is 0 Å². The average Bonchev–Trinajstić information content (AvgIpc) is 2.21. The number of aliphatic carboxylic acids is 1. The van der Waals surface area contributed by atoms with Gasteiger partial charge in [0, 0.05) is 12.2 Å². The SMILES string of the molecule is CC/C(=C(\C(=O)O)C(C)(C)C)C(C)(C)CCO[SiH](C)C. The number of allylic oxidation sites excluding steroid dienone is 1. The highest BCUT2D eigenvalue weighted by Gasteiger charge is 2.33. The Morgan fingerprint density at radius 3 is 1.95 bits per heavy atom. The smallest absolute Gasteiger partial charge is 0.332 e. The monoisotopic (exact) mass is 300 g/mol. The second-order valence-electron chi connectivity index (χ2n) is 7.32. The van der Waals surface area contributed by atoms with Crippen LogP contribution in [0.1, 0.15) is 54.4 Å². The summed E-state index contributed by atoms with van der Waals surface area (Å²) in [4.78, 5) is 11.7. The van der Waals surface area contributed by atoms with Gasteiger partial charge in [-0.1, -0.05) is 47.1 Å². The quantitative estimate of drug-likeness (QED) is 0.565. The van der Waals surface area contributed by atoms with Gasteiger partial charge >= 0.3 is 5.97 Å². The molecule has 0 aromatic heterocycles. The van der Waals surface area contributed by atoms with Gasteiger partial charge in [-0.25, -0.2) is 4.79 Å². The van der Waals surface area contributed by atoms with E-state index in [1.54, 1.807) is 0 Å². The molecule has 0 atom stereocenters. The van der Waals surface area contributed by atoms with Crippen LogP contribution in [0.5, 0.6) is 0 Å². The van der Waals surface area contributed by atoms with Crippen LogP contribution in [-0.4, -0.2) is 26.7 Å². The zero-order chi connectivity index (χ0) is 16.1. The average molecular weight is 301 g/mol. The highest BCUT2D eigenvalue weighted by molar-refractivity contribution is 6.48. The van der Waals surface area contributed by atoms with Crippen molar-refractivity contribution >= 4 is 15.0 Å². The number of hydrogen-bond acceptors (Lipinski definition) is 2. The van der Waals surface area contributed by atoms with Crippen LogP contribution in [0.4, 0.5) is 0 Å². The Bertz CT molecular complexity index is 362. The maximum atomic E-state index is 11.7. The Hall–Kier alpha value is -0.613. The van der Waals surface area contributed by atoms with Gasteiger partial charge in [-0.3, -0.25) is 0 Å². The van der Waals surface area contributed by atoms with Crippen molar-refractivity contribution in [2.45, 2.75) is 67.5 Å². The molecular weight excluding hydrogens is 268 g/mol. The van der Waals surface area contributed by atoms with Crippen LogP contribution < -0.4 is 0 Å². The third-order valence-corrected chi connectivity index (χ3v) is 4.52. The lowest BCUT2D eigenvalue weighted by Crippen LogP contribution is -2.27. The summed E-state index contributed by atoms with van der Waals surface area (Å²) in [5, 5.41) is 9.61. The molecule has 0 rings (SSSR count). The highest BCUT2D eigenvalue weighted by Crippen LogP contribution is 2.40. The van der Waals surface area contributed by atoms with Gasteiger partial charge in [-0.05, 0) is 36.8 Å². The van der Waals surface area contributed by atoms with E-state index in [2.05, 4.69) is 26.9 Å². The molecule has 0 saturated heterocycles. The van der Waals surface area contributed by atoms with Crippen molar-refractivity contribution in [2.75, 3.05) is 6.61 Å². The predicted molar refractivity (Wildman–Crippen MR) is 87.6 cm³/mol. The maximum absolute atomic E-state index is 11.7. The Balaban J connectivity index is 5.43. The lowest BCUT2D eigenvalue weighted by Gasteiger charge is -2.34. The molecule has 0 saturated carbocycles. The van der Waals surface area contributed by atoms with Crippen LogP contribution in [0.15, 0.2) is 11.1 Å². The first-order valence-corrected chi connectivity index (χ1v) is 10.3. The summed E-state index contributed by atoms with van der Waals surface area (Å²) in [6.45, 7) is 17.3. The summed E-state index contributed by atoms with van der Waals surface area (Å²) in [7, 11) is -1.01. The largest absolute Gasteiger partial charge is 0.478 e. The van der Waals surface area contributed by atoms with Gasteiger partial charge in [0.2, 0.25) is 0 Å². The minimum absolute atomic E-state index is 0.140. The van der Waals surface area contributed by atoms with Crippen molar-refractivity contribution in [3.8, 4) is 0 Å². The normalized spacial score (nSPS) is 14.4. The van der Waals surface area contributed by atoms with E-state index >= 15 is 0 Å². The van der Waals surface area contributed by atoms with Crippen LogP contribution in [-0.2, 0) is 9.22 Å². The lowest BCUT2D eigenvalue weighted by molar-refractivity contribution is -0.133. The molecule has 3 nitrogen and oxygen atoms in total. The molecule has 0 fully saturated rings. The highest BCUT2D eigenvalue weighted by atomic mass is 28.3. The summed E-state index contributed by atoms with van der Waals surface area (Å²) in [6.07, 6.45) is 1.64. The molecule has 0 aliphatic heterocycles. The molecule has 0 aromatic rings. The molecule has 0 aliphatic rings. The summed E-state index contributed by atoms with van der Waals surface area (Å²) >= 11 is 0. The molecule has 0 aliphatic carbocycles. The third-order valence-electron chi connectivity index (χ3n) is 3.61. The van der Waals surface area contributed by atoms with Crippen molar-refractivity contribution in [3.05, 3.63) is 11.1 Å². The molecule has 0 bridgehead atoms. The summed E-state index contributed by atoms with van der Waals surface area (Å²) in [5.74, 6) is -0.790. The Morgan fingerprint density at radius 1 is 1.15 bits per heavy atom. The van der Waals surface area contributed by atoms with E-state index in [0.717, 1.165) is 25.0 Å². The van der Waals surface area contributed by atoms with E-state index in [9.17, 15) is 9.90 Å². The number of carbonyl (C=O) groups is 1. The molecule has 118 valence electrons. The van der Waals surface area contributed by atoms with Crippen molar-refractivity contribution in [3.63, 3.8) is 0 Å². The maximum Gasteiger partial charge on any atom is 0.332 e. The van der Waals surface area contributed by atoms with Gasteiger partial charge in [0.15, 0.2) is 9.04 Å². The first kappa shape index (κ1) is 19.4. The number of carboxylic acid groups (broad SMARTS) is 1. The minimum Gasteiger partial charge on any atom is -0.478 e. The first-order chi connectivity index (χ1) is 8.93. The molecule has 0 heterocycles. The van der Waals surface area contributed by atoms with E-state index in [0.29, 0.717) is 5.57 Å². The fraction of sp³-hybridized carbons (Fsp3) is 0.812. The van der Waals surface area contributed by atoms with Crippen LogP contribution in [0.25, 0.3) is 0 Å². The van der Waals surface area contributed by atoms with E-state index in [4.69, 9.17) is 4.43 Å². The second kappa shape index (κ2) is 7.41. The van der Waals surface area contributed by atoms with E-state index in [1.807, 2.05) is 27.7 Å². The summed E-state index contributed by atoms with van der Waals surface area (Å²) < 4.78 is 5.77.